The summed E-state index contributed by atoms with van der Waals surface area (Å²) in [6.07, 6.45) is 8.64. The van der Waals surface area contributed by atoms with Crippen molar-refractivity contribution in [3.63, 3.8) is 0 Å². The minimum atomic E-state index is -0.279. The normalized spacial score (nSPS) is 20.8. The molecule has 1 N–H and O–H groups in total. The minimum Gasteiger partial charge on any atom is -0.344 e. The molecule has 1 atom stereocenters. The summed E-state index contributed by atoms with van der Waals surface area (Å²) < 4.78 is 14.6. The second kappa shape index (κ2) is 5.91. The van der Waals surface area contributed by atoms with Crippen LogP contribution in [-0.2, 0) is 19.3 Å². The molecule has 0 unspecified atom stereocenters. The number of aryl methyl sites for hydroxylation is 3. The van der Waals surface area contributed by atoms with Gasteiger partial charge in [0.05, 0.1) is 17.4 Å². The van der Waals surface area contributed by atoms with E-state index >= 15 is 0 Å². The molecule has 1 saturated heterocycles. The molecule has 0 spiro atoms. The monoisotopic (exact) mass is 315 g/mol. The Morgan fingerprint density at radius 3 is 2.96 bits per heavy atom. The zero-order valence-corrected chi connectivity index (χ0v) is 13.5. The third kappa shape index (κ3) is 2.50. The summed E-state index contributed by atoms with van der Waals surface area (Å²) in [5, 5.41) is 0. The predicted molar refractivity (Wildman–Crippen MR) is 85.9 cm³/mol. The van der Waals surface area contributed by atoms with Gasteiger partial charge in [-0.25, -0.2) is 19.3 Å². The lowest BCUT2D eigenvalue weighted by Gasteiger charge is -2.24. The van der Waals surface area contributed by atoms with Crippen LogP contribution >= 0.6 is 0 Å². The van der Waals surface area contributed by atoms with E-state index in [0.29, 0.717) is 17.9 Å². The SMILES string of the molecule is CCc1ncnc(N2CCC[C@H]2c2nc3c([nH]2)CCCC3)c1F. The van der Waals surface area contributed by atoms with E-state index in [9.17, 15) is 4.39 Å². The Bertz CT molecular complexity index is 688. The van der Waals surface area contributed by atoms with Gasteiger partial charge in [-0.1, -0.05) is 6.92 Å². The Labute approximate surface area is 135 Å². The minimum absolute atomic E-state index is 0.0923. The molecule has 1 aliphatic heterocycles. The fourth-order valence-corrected chi connectivity index (χ4v) is 3.78. The highest BCUT2D eigenvalue weighted by Crippen LogP contribution is 2.36. The molecule has 23 heavy (non-hydrogen) atoms. The van der Waals surface area contributed by atoms with Gasteiger partial charge in [0.1, 0.15) is 12.2 Å². The summed E-state index contributed by atoms with van der Waals surface area (Å²) in [6, 6.07) is 0.0923. The number of rotatable bonds is 3. The molecular formula is C17H22FN5. The topological polar surface area (TPSA) is 57.7 Å². The number of fused-ring (bicyclic) bond motifs is 1. The van der Waals surface area contributed by atoms with Gasteiger partial charge in [-0.05, 0) is 44.9 Å². The lowest BCUT2D eigenvalue weighted by molar-refractivity contribution is 0.573. The Morgan fingerprint density at radius 2 is 2.13 bits per heavy atom. The maximum absolute atomic E-state index is 14.6. The molecule has 1 fully saturated rings. The Balaban J connectivity index is 1.68. The number of anilines is 1. The molecule has 6 heteroatoms. The van der Waals surface area contributed by atoms with E-state index in [0.717, 1.165) is 38.1 Å². The van der Waals surface area contributed by atoms with Crippen LogP contribution < -0.4 is 4.90 Å². The van der Waals surface area contributed by atoms with E-state index < -0.39 is 0 Å². The van der Waals surface area contributed by atoms with Gasteiger partial charge in [-0.2, -0.15) is 0 Å². The first-order valence-corrected chi connectivity index (χ1v) is 8.61. The molecule has 0 amide bonds. The summed E-state index contributed by atoms with van der Waals surface area (Å²) in [5.74, 6) is 1.12. The maximum Gasteiger partial charge on any atom is 0.187 e. The highest BCUT2D eigenvalue weighted by Gasteiger charge is 2.32. The number of hydrogen-bond acceptors (Lipinski definition) is 4. The molecule has 2 aromatic rings. The van der Waals surface area contributed by atoms with Gasteiger partial charge >= 0.3 is 0 Å². The third-order valence-corrected chi connectivity index (χ3v) is 4.99. The Hall–Kier alpha value is -1.98. The van der Waals surface area contributed by atoms with Crippen LogP contribution in [0.25, 0.3) is 0 Å². The van der Waals surface area contributed by atoms with Crippen molar-refractivity contribution < 1.29 is 4.39 Å². The van der Waals surface area contributed by atoms with Crippen molar-refractivity contribution in [1.29, 1.82) is 0 Å². The van der Waals surface area contributed by atoms with Crippen molar-refractivity contribution in [3.8, 4) is 0 Å². The number of nitrogens with one attached hydrogen (secondary N) is 1. The summed E-state index contributed by atoms with van der Waals surface area (Å²) in [7, 11) is 0. The highest BCUT2D eigenvalue weighted by molar-refractivity contribution is 5.44. The van der Waals surface area contributed by atoms with E-state index in [1.54, 1.807) is 0 Å². The molecule has 0 bridgehead atoms. The van der Waals surface area contributed by atoms with Gasteiger partial charge in [0.2, 0.25) is 0 Å². The quantitative estimate of drug-likeness (QED) is 0.945. The van der Waals surface area contributed by atoms with Crippen molar-refractivity contribution in [2.24, 2.45) is 0 Å². The lowest BCUT2D eigenvalue weighted by atomic mass is 10.0. The molecule has 122 valence electrons. The van der Waals surface area contributed by atoms with Crippen molar-refractivity contribution in [1.82, 2.24) is 19.9 Å². The van der Waals surface area contributed by atoms with E-state index in [4.69, 9.17) is 4.98 Å². The van der Waals surface area contributed by atoms with Gasteiger partial charge in [-0.15, -0.1) is 0 Å². The molecule has 2 aromatic heterocycles. The zero-order valence-electron chi connectivity index (χ0n) is 13.5. The molecular weight excluding hydrogens is 293 g/mol. The smallest absolute Gasteiger partial charge is 0.187 e. The second-order valence-corrected chi connectivity index (χ2v) is 6.42. The van der Waals surface area contributed by atoms with Gasteiger partial charge in [0.15, 0.2) is 11.6 Å². The van der Waals surface area contributed by atoms with Crippen molar-refractivity contribution in [3.05, 3.63) is 35.1 Å². The van der Waals surface area contributed by atoms with Crippen LogP contribution in [0.3, 0.4) is 0 Å². The first kappa shape index (κ1) is 14.6. The number of hydrogen-bond donors (Lipinski definition) is 1. The summed E-state index contributed by atoms with van der Waals surface area (Å²) in [6.45, 7) is 2.73. The number of nitrogens with zero attached hydrogens (tertiary/aromatic N) is 4. The lowest BCUT2D eigenvalue weighted by Crippen LogP contribution is -2.26. The first-order valence-electron chi connectivity index (χ1n) is 8.61. The van der Waals surface area contributed by atoms with Crippen molar-refractivity contribution in [2.45, 2.75) is 57.9 Å². The predicted octanol–water partition coefficient (Wildman–Crippen LogP) is 3.12. The van der Waals surface area contributed by atoms with Crippen LogP contribution in [0.1, 0.15) is 61.6 Å². The largest absolute Gasteiger partial charge is 0.344 e. The second-order valence-electron chi connectivity index (χ2n) is 6.42. The Kier molecular flexibility index (Phi) is 3.75. The standard InChI is InChI=1S/C17H22FN5/c1-2-11-15(18)17(20-10-19-11)23-9-5-8-14(23)16-21-12-6-3-4-7-13(12)22-16/h10,14H,2-9H2,1H3,(H,21,22)/t14-/m0/s1. The molecule has 0 aromatic carbocycles. The van der Waals surface area contributed by atoms with Crippen LogP contribution in [-0.4, -0.2) is 26.5 Å². The average molecular weight is 315 g/mol. The number of halogens is 1. The summed E-state index contributed by atoms with van der Waals surface area (Å²) in [4.78, 5) is 18.6. The number of aromatic amines is 1. The third-order valence-electron chi connectivity index (χ3n) is 4.99. The maximum atomic E-state index is 14.6. The summed E-state index contributed by atoms with van der Waals surface area (Å²) in [5.41, 5.74) is 2.96. The fourth-order valence-electron chi connectivity index (χ4n) is 3.78. The van der Waals surface area contributed by atoms with Gasteiger partial charge in [0, 0.05) is 12.2 Å². The summed E-state index contributed by atoms with van der Waals surface area (Å²) >= 11 is 0. The van der Waals surface area contributed by atoms with E-state index in [2.05, 4.69) is 19.9 Å². The van der Waals surface area contributed by atoms with Gasteiger partial charge in [-0.3, -0.25) is 0 Å². The molecule has 0 saturated carbocycles. The van der Waals surface area contributed by atoms with Gasteiger partial charge in [0.25, 0.3) is 0 Å². The molecule has 1 aliphatic carbocycles. The number of aromatic nitrogens is 4. The number of H-pyrrole nitrogens is 1. The van der Waals surface area contributed by atoms with E-state index in [1.165, 1.54) is 30.6 Å². The number of imidazole rings is 1. The molecule has 3 heterocycles. The fraction of sp³-hybridized carbons (Fsp3) is 0.588. The van der Waals surface area contributed by atoms with Crippen LogP contribution in [0.5, 0.6) is 0 Å². The van der Waals surface area contributed by atoms with Crippen molar-refractivity contribution in [2.75, 3.05) is 11.4 Å². The average Bonchev–Trinajstić information content (AvgIpc) is 3.21. The van der Waals surface area contributed by atoms with Crippen molar-refractivity contribution >= 4 is 5.82 Å². The van der Waals surface area contributed by atoms with E-state index in [1.807, 2.05) is 6.92 Å². The van der Waals surface area contributed by atoms with Crippen LogP contribution in [0.15, 0.2) is 6.33 Å². The molecule has 0 radical (unpaired) electrons. The highest BCUT2D eigenvalue weighted by atomic mass is 19.1. The Morgan fingerprint density at radius 1 is 1.26 bits per heavy atom. The first-order chi connectivity index (χ1) is 11.3. The van der Waals surface area contributed by atoms with E-state index in [-0.39, 0.29) is 11.9 Å². The van der Waals surface area contributed by atoms with Crippen LogP contribution in [0.4, 0.5) is 10.2 Å². The van der Waals surface area contributed by atoms with Gasteiger partial charge < -0.3 is 9.88 Å². The van der Waals surface area contributed by atoms with Crippen LogP contribution in [0, 0.1) is 5.82 Å². The molecule has 2 aliphatic rings. The zero-order chi connectivity index (χ0) is 15.8. The van der Waals surface area contributed by atoms with Crippen LogP contribution in [0.2, 0.25) is 0 Å². The molecule has 4 rings (SSSR count). The molecule has 5 nitrogen and oxygen atoms in total.